The first kappa shape index (κ1) is 22.1. The zero-order valence-electron chi connectivity index (χ0n) is 18.1. The molecule has 0 aliphatic carbocycles. The lowest BCUT2D eigenvalue weighted by molar-refractivity contribution is -0.137. The van der Waals surface area contributed by atoms with E-state index in [-0.39, 0.29) is 11.7 Å². The summed E-state index contributed by atoms with van der Waals surface area (Å²) in [5, 5.41) is 0. The van der Waals surface area contributed by atoms with E-state index in [4.69, 9.17) is 4.42 Å². The number of alkyl halides is 3. The fourth-order valence-corrected chi connectivity index (χ4v) is 4.35. The van der Waals surface area contributed by atoms with Crippen LogP contribution in [-0.4, -0.2) is 41.6 Å². The normalized spacial score (nSPS) is 14.7. The number of rotatable bonds is 4. The monoisotopic (exact) mass is 471 g/mol. The van der Waals surface area contributed by atoms with Crippen LogP contribution in [-0.2, 0) is 12.7 Å². The van der Waals surface area contributed by atoms with E-state index in [0.29, 0.717) is 55.3 Å². The number of aromatic nitrogens is 1. The summed E-state index contributed by atoms with van der Waals surface area (Å²) in [5.41, 5.74) is 2.21. The van der Waals surface area contributed by atoms with E-state index in [1.807, 2.05) is 4.90 Å². The van der Waals surface area contributed by atoms with Crippen molar-refractivity contribution >= 4 is 22.7 Å². The number of piperazine rings is 1. The number of benzene rings is 2. The molecule has 0 spiro atoms. The zero-order valence-corrected chi connectivity index (χ0v) is 18.1. The second-order valence-electron chi connectivity index (χ2n) is 8.24. The van der Waals surface area contributed by atoms with Crippen LogP contribution in [0.15, 0.2) is 71.3 Å². The molecule has 1 amide bonds. The smallest absolute Gasteiger partial charge is 0.416 e. The molecule has 1 saturated heterocycles. The predicted octanol–water partition coefficient (Wildman–Crippen LogP) is 5.40. The van der Waals surface area contributed by atoms with Gasteiger partial charge >= 0.3 is 6.18 Å². The molecular formula is C25H21F4N3O2. The van der Waals surface area contributed by atoms with Crippen molar-refractivity contribution in [3.8, 4) is 0 Å². The topological polar surface area (TPSA) is 41.6 Å². The molecule has 0 saturated carbocycles. The Hall–Kier alpha value is -3.75. The number of anilines is 1. The van der Waals surface area contributed by atoms with Gasteiger partial charge in [0.1, 0.15) is 11.5 Å². The second-order valence-corrected chi connectivity index (χ2v) is 8.24. The summed E-state index contributed by atoms with van der Waals surface area (Å²) in [5.74, 6) is -0.557. The maximum Gasteiger partial charge on any atom is 0.416 e. The third-order valence-electron chi connectivity index (χ3n) is 6.08. The Morgan fingerprint density at radius 2 is 1.71 bits per heavy atom. The van der Waals surface area contributed by atoms with Crippen LogP contribution in [0.2, 0.25) is 0 Å². The van der Waals surface area contributed by atoms with Crippen molar-refractivity contribution in [2.75, 3.05) is 31.1 Å². The molecule has 2 aromatic heterocycles. The van der Waals surface area contributed by atoms with Crippen LogP contribution < -0.4 is 4.90 Å². The third-order valence-corrected chi connectivity index (χ3v) is 6.08. The van der Waals surface area contributed by atoms with Crippen LogP contribution in [0.3, 0.4) is 0 Å². The number of amides is 1. The van der Waals surface area contributed by atoms with E-state index >= 15 is 0 Å². The summed E-state index contributed by atoms with van der Waals surface area (Å²) >= 11 is 0. The van der Waals surface area contributed by atoms with Crippen molar-refractivity contribution in [3.05, 3.63) is 89.6 Å². The molecule has 5 rings (SSSR count). The first-order valence-electron chi connectivity index (χ1n) is 10.8. The van der Waals surface area contributed by atoms with Gasteiger partial charge in [0.15, 0.2) is 5.58 Å². The Balaban J connectivity index is 1.34. The molecule has 9 heteroatoms. The van der Waals surface area contributed by atoms with Crippen molar-refractivity contribution in [1.29, 1.82) is 0 Å². The Kier molecular flexibility index (Phi) is 5.55. The van der Waals surface area contributed by atoms with Crippen molar-refractivity contribution < 1.29 is 26.8 Å². The summed E-state index contributed by atoms with van der Waals surface area (Å²) < 4.78 is 60.2. The van der Waals surface area contributed by atoms with Gasteiger partial charge in [0, 0.05) is 50.5 Å². The Bertz CT molecular complexity index is 1330. The number of carbonyl (C=O) groups is 1. The van der Waals surface area contributed by atoms with Crippen LogP contribution in [0.25, 0.3) is 11.1 Å². The van der Waals surface area contributed by atoms with Crippen LogP contribution in [0.4, 0.5) is 23.2 Å². The summed E-state index contributed by atoms with van der Waals surface area (Å²) in [7, 11) is 0. The minimum absolute atomic E-state index is 0.202. The molecule has 1 aliphatic rings. The summed E-state index contributed by atoms with van der Waals surface area (Å²) in [4.78, 5) is 16.9. The lowest BCUT2D eigenvalue weighted by Crippen LogP contribution is -2.49. The molecule has 0 bridgehead atoms. The highest BCUT2D eigenvalue weighted by Crippen LogP contribution is 2.32. The summed E-state index contributed by atoms with van der Waals surface area (Å²) in [6, 6.07) is 14.9. The summed E-state index contributed by atoms with van der Waals surface area (Å²) in [6.45, 7) is 1.84. The molecule has 4 aromatic rings. The predicted molar refractivity (Wildman–Crippen MR) is 119 cm³/mol. The summed E-state index contributed by atoms with van der Waals surface area (Å²) in [6.07, 6.45) is -2.87. The average molecular weight is 471 g/mol. The highest BCUT2D eigenvalue weighted by atomic mass is 19.4. The molecule has 0 N–H and O–H groups in total. The first-order valence-corrected chi connectivity index (χ1v) is 10.8. The number of hydrogen-bond donors (Lipinski definition) is 0. The standard InChI is InChI=1S/C25H21F4N3O2/c26-19-5-1-3-17(13-19)16-32-21-7-12-34-23(21)15-22(32)24(33)31-10-8-30(9-11-31)20-6-2-4-18(14-20)25(27,28)29/h1-7,12-15H,8-11,16H2. The van der Waals surface area contributed by atoms with Gasteiger partial charge in [-0.2, -0.15) is 13.2 Å². The number of furan rings is 1. The Labute approximate surface area is 192 Å². The number of nitrogens with zero attached hydrogens (tertiary/aromatic N) is 3. The van der Waals surface area contributed by atoms with E-state index in [2.05, 4.69) is 0 Å². The fraction of sp³-hybridized carbons (Fsp3) is 0.240. The molecular weight excluding hydrogens is 450 g/mol. The number of hydrogen-bond acceptors (Lipinski definition) is 3. The molecule has 0 unspecified atom stereocenters. The van der Waals surface area contributed by atoms with Crippen molar-refractivity contribution in [2.24, 2.45) is 0 Å². The van der Waals surface area contributed by atoms with Gasteiger partial charge < -0.3 is 18.8 Å². The second kappa shape index (κ2) is 8.55. The van der Waals surface area contributed by atoms with E-state index < -0.39 is 11.7 Å². The lowest BCUT2D eigenvalue weighted by atomic mass is 10.1. The maximum atomic E-state index is 13.7. The fourth-order valence-electron chi connectivity index (χ4n) is 4.35. The number of halogens is 4. The highest BCUT2D eigenvalue weighted by Gasteiger charge is 2.31. The van der Waals surface area contributed by atoms with Crippen LogP contribution in [0.5, 0.6) is 0 Å². The van der Waals surface area contributed by atoms with E-state index in [1.54, 1.807) is 39.8 Å². The maximum absolute atomic E-state index is 13.7. The molecule has 0 atom stereocenters. The minimum Gasteiger partial charge on any atom is -0.463 e. The molecule has 5 nitrogen and oxygen atoms in total. The van der Waals surface area contributed by atoms with Crippen molar-refractivity contribution in [3.63, 3.8) is 0 Å². The van der Waals surface area contributed by atoms with Gasteiger partial charge in [0.2, 0.25) is 0 Å². The largest absolute Gasteiger partial charge is 0.463 e. The van der Waals surface area contributed by atoms with Crippen LogP contribution in [0, 0.1) is 5.82 Å². The molecule has 1 fully saturated rings. The molecule has 0 radical (unpaired) electrons. The molecule has 34 heavy (non-hydrogen) atoms. The number of carbonyl (C=O) groups excluding carboxylic acids is 1. The van der Waals surface area contributed by atoms with Gasteiger partial charge in [-0.1, -0.05) is 18.2 Å². The third kappa shape index (κ3) is 4.25. The number of fused-ring (bicyclic) bond motifs is 1. The van der Waals surface area contributed by atoms with Gasteiger partial charge in [-0.25, -0.2) is 4.39 Å². The van der Waals surface area contributed by atoms with E-state index in [9.17, 15) is 22.4 Å². The quantitative estimate of drug-likeness (QED) is 0.374. The van der Waals surface area contributed by atoms with E-state index in [0.717, 1.165) is 17.6 Å². The Morgan fingerprint density at radius 3 is 2.44 bits per heavy atom. The van der Waals surface area contributed by atoms with Gasteiger partial charge in [-0.3, -0.25) is 4.79 Å². The Morgan fingerprint density at radius 1 is 0.941 bits per heavy atom. The van der Waals surface area contributed by atoms with Crippen LogP contribution in [0.1, 0.15) is 21.6 Å². The molecule has 2 aromatic carbocycles. The SMILES string of the molecule is O=C(c1cc2occc2n1Cc1cccc(F)c1)N1CCN(c2cccc(C(F)(F)F)c2)CC1. The first-order chi connectivity index (χ1) is 16.3. The van der Waals surface area contributed by atoms with Crippen molar-refractivity contribution in [2.45, 2.75) is 12.7 Å². The lowest BCUT2D eigenvalue weighted by Gasteiger charge is -2.36. The average Bonchev–Trinajstić information content (AvgIpc) is 3.41. The molecule has 1 aliphatic heterocycles. The molecule has 176 valence electrons. The molecule has 3 heterocycles. The minimum atomic E-state index is -4.40. The van der Waals surface area contributed by atoms with Gasteiger partial charge in [-0.15, -0.1) is 0 Å². The van der Waals surface area contributed by atoms with Crippen LogP contribution >= 0.6 is 0 Å². The van der Waals surface area contributed by atoms with Gasteiger partial charge in [0.25, 0.3) is 5.91 Å². The van der Waals surface area contributed by atoms with Gasteiger partial charge in [-0.05, 0) is 35.9 Å². The van der Waals surface area contributed by atoms with E-state index in [1.165, 1.54) is 24.5 Å². The highest BCUT2D eigenvalue weighted by molar-refractivity contribution is 5.97. The van der Waals surface area contributed by atoms with Gasteiger partial charge in [0.05, 0.1) is 17.3 Å². The van der Waals surface area contributed by atoms with Crippen molar-refractivity contribution in [1.82, 2.24) is 9.47 Å². The zero-order chi connectivity index (χ0) is 23.9.